The maximum Gasteiger partial charge on any atom is 0.306 e. The molecular weight excluding hydrogens is 553 g/mol. The molecule has 1 fully saturated rings. The van der Waals surface area contributed by atoms with Crippen molar-refractivity contribution in [3.05, 3.63) is 70.8 Å². The van der Waals surface area contributed by atoms with E-state index in [2.05, 4.69) is 17.2 Å². The maximum absolute atomic E-state index is 12.8. The first-order valence-corrected chi connectivity index (χ1v) is 16.3. The molecule has 0 aromatic heterocycles. The van der Waals surface area contributed by atoms with Crippen LogP contribution in [-0.4, -0.2) is 62.3 Å². The Morgan fingerprint density at radius 3 is 2.43 bits per heavy atom. The second-order valence-corrected chi connectivity index (χ2v) is 11.7. The molecule has 1 heterocycles. The number of ether oxygens (including phenoxy) is 3. The second kappa shape index (κ2) is 18.0. The minimum absolute atomic E-state index is 0.0799. The lowest BCUT2D eigenvalue weighted by Gasteiger charge is -2.22. The van der Waals surface area contributed by atoms with Crippen molar-refractivity contribution in [3.63, 3.8) is 0 Å². The minimum Gasteiger partial charge on any atom is -0.457 e. The van der Waals surface area contributed by atoms with Crippen LogP contribution in [0.2, 0.25) is 0 Å². The SMILES string of the molecule is [B][C@@H]1O[C@H](CC)[C@H](OCCCCCCNC(=O)CCCCCCC(=O)OC2Cc3ccccc3C#Cc3ccccc32)C1O. The lowest BCUT2D eigenvalue weighted by Crippen LogP contribution is -2.35. The number of benzene rings is 2. The molecule has 2 aromatic carbocycles. The number of hydrogen-bond donors (Lipinski definition) is 2. The lowest BCUT2D eigenvalue weighted by molar-refractivity contribution is -0.149. The van der Waals surface area contributed by atoms with E-state index in [0.717, 1.165) is 80.0 Å². The van der Waals surface area contributed by atoms with Crippen LogP contribution in [0.5, 0.6) is 0 Å². The van der Waals surface area contributed by atoms with Crippen LogP contribution in [0.25, 0.3) is 0 Å². The van der Waals surface area contributed by atoms with Crippen molar-refractivity contribution in [2.75, 3.05) is 13.2 Å². The summed E-state index contributed by atoms with van der Waals surface area (Å²) in [6.07, 6.45) is 7.75. The summed E-state index contributed by atoms with van der Waals surface area (Å²) in [5, 5.41) is 13.1. The number of hydrogen-bond acceptors (Lipinski definition) is 6. The summed E-state index contributed by atoms with van der Waals surface area (Å²) in [6.45, 7) is 3.23. The standard InChI is InChI=1S/C36H46BNO6/c1-2-30-35(34(41)36(37)44-30)42-24-14-6-5-13-23-38-32(39)19-7-3-4-8-20-33(40)43-31-25-28-17-10-9-15-26(28)21-22-27-16-11-12-18-29(27)31/h9-12,15-18,30-31,34-36,41H,2-8,13-14,19-20,23-25H2,1H3,(H,38,39)/t30-,31?,34?,35+,36-/m1/s1. The number of aliphatic hydroxyl groups excluding tert-OH is 1. The zero-order valence-electron chi connectivity index (χ0n) is 26.0. The molecule has 0 bridgehead atoms. The van der Waals surface area contributed by atoms with Crippen molar-refractivity contribution in [1.82, 2.24) is 5.32 Å². The maximum atomic E-state index is 12.8. The van der Waals surface area contributed by atoms with Gasteiger partial charge in [-0.2, -0.15) is 0 Å². The Kier molecular flexibility index (Phi) is 13.8. The van der Waals surface area contributed by atoms with Gasteiger partial charge >= 0.3 is 5.97 Å². The number of carbonyl (C=O) groups is 2. The van der Waals surface area contributed by atoms with Gasteiger partial charge in [0.05, 0.1) is 6.10 Å². The molecule has 4 rings (SSSR count). The zero-order chi connectivity index (χ0) is 31.1. The topological polar surface area (TPSA) is 94.1 Å². The fourth-order valence-electron chi connectivity index (χ4n) is 5.80. The van der Waals surface area contributed by atoms with Crippen molar-refractivity contribution < 1.29 is 28.9 Å². The van der Waals surface area contributed by atoms with Gasteiger partial charge in [0.25, 0.3) is 0 Å². The molecule has 2 unspecified atom stereocenters. The van der Waals surface area contributed by atoms with E-state index in [1.54, 1.807) is 0 Å². The molecule has 8 heteroatoms. The Labute approximate surface area is 263 Å². The largest absolute Gasteiger partial charge is 0.457 e. The summed E-state index contributed by atoms with van der Waals surface area (Å²) in [5.74, 6) is 6.39. The van der Waals surface area contributed by atoms with Gasteiger partial charge in [-0.1, -0.05) is 80.8 Å². The second-order valence-electron chi connectivity index (χ2n) is 11.7. The highest BCUT2D eigenvalue weighted by Crippen LogP contribution is 2.29. The number of rotatable bonds is 17. The Hall–Kier alpha value is -3.12. The summed E-state index contributed by atoms with van der Waals surface area (Å²) in [7, 11) is 5.76. The molecule has 1 amide bonds. The Balaban J connectivity index is 1.02. The van der Waals surface area contributed by atoms with Gasteiger partial charge < -0.3 is 24.6 Å². The molecule has 0 saturated carbocycles. The summed E-state index contributed by atoms with van der Waals surface area (Å²) in [5.41, 5.74) is 3.91. The van der Waals surface area contributed by atoms with E-state index in [-0.39, 0.29) is 30.2 Å². The average Bonchev–Trinajstić information content (AvgIpc) is 3.30. The number of esters is 1. The first kappa shape index (κ1) is 33.8. The van der Waals surface area contributed by atoms with E-state index in [1.807, 2.05) is 55.5 Å². The third kappa shape index (κ3) is 10.2. The van der Waals surface area contributed by atoms with Gasteiger partial charge in [-0.05, 0) is 49.8 Å². The van der Waals surface area contributed by atoms with E-state index >= 15 is 0 Å². The van der Waals surface area contributed by atoms with Crippen LogP contribution < -0.4 is 5.32 Å². The summed E-state index contributed by atoms with van der Waals surface area (Å²) < 4.78 is 17.3. The number of unbranched alkanes of at least 4 members (excludes halogenated alkanes) is 6. The van der Waals surface area contributed by atoms with Crippen LogP contribution in [0.4, 0.5) is 0 Å². The Bertz CT molecular complexity index is 1270. The minimum atomic E-state index is -0.777. The van der Waals surface area contributed by atoms with Gasteiger partial charge in [-0.3, -0.25) is 9.59 Å². The molecule has 44 heavy (non-hydrogen) atoms. The monoisotopic (exact) mass is 599 g/mol. The van der Waals surface area contributed by atoms with Crippen molar-refractivity contribution in [3.8, 4) is 11.8 Å². The van der Waals surface area contributed by atoms with E-state index in [0.29, 0.717) is 32.4 Å². The Morgan fingerprint density at radius 1 is 0.932 bits per heavy atom. The molecule has 7 nitrogen and oxygen atoms in total. The first-order valence-electron chi connectivity index (χ1n) is 16.3. The van der Waals surface area contributed by atoms with Crippen LogP contribution in [0, 0.1) is 11.8 Å². The third-order valence-corrected chi connectivity index (χ3v) is 8.35. The van der Waals surface area contributed by atoms with Crippen LogP contribution >= 0.6 is 0 Å². The molecular formula is C36H46BNO6. The van der Waals surface area contributed by atoms with E-state index in [4.69, 9.17) is 22.1 Å². The molecule has 5 atom stereocenters. The van der Waals surface area contributed by atoms with Crippen molar-refractivity contribution >= 4 is 19.7 Å². The summed E-state index contributed by atoms with van der Waals surface area (Å²) in [4.78, 5) is 24.9. The highest BCUT2D eigenvalue weighted by atomic mass is 16.6. The molecule has 0 spiro atoms. The molecule has 234 valence electrons. The number of fused-ring (bicyclic) bond motifs is 2. The quantitative estimate of drug-likeness (QED) is 0.111. The number of carbonyl (C=O) groups excluding carboxylic acids is 2. The zero-order valence-corrected chi connectivity index (χ0v) is 26.0. The predicted molar refractivity (Wildman–Crippen MR) is 171 cm³/mol. The van der Waals surface area contributed by atoms with Crippen molar-refractivity contribution in [2.24, 2.45) is 0 Å². The van der Waals surface area contributed by atoms with Gasteiger partial charge in [0, 0.05) is 55.1 Å². The fraction of sp³-hybridized carbons (Fsp3) is 0.556. The smallest absolute Gasteiger partial charge is 0.306 e. The molecule has 2 radical (unpaired) electrons. The van der Waals surface area contributed by atoms with E-state index in [9.17, 15) is 14.7 Å². The molecule has 1 saturated heterocycles. The van der Waals surface area contributed by atoms with Gasteiger partial charge in [0.1, 0.15) is 26.2 Å². The van der Waals surface area contributed by atoms with E-state index in [1.165, 1.54) is 0 Å². The van der Waals surface area contributed by atoms with Crippen LogP contribution in [0.3, 0.4) is 0 Å². The van der Waals surface area contributed by atoms with Gasteiger partial charge in [-0.25, -0.2) is 0 Å². The van der Waals surface area contributed by atoms with E-state index < -0.39 is 12.1 Å². The van der Waals surface area contributed by atoms with Crippen LogP contribution in [0.1, 0.15) is 106 Å². The highest BCUT2D eigenvalue weighted by Gasteiger charge is 2.40. The normalized spacial score (nSPS) is 22.1. The Morgan fingerprint density at radius 2 is 1.61 bits per heavy atom. The molecule has 2 aromatic rings. The molecule has 1 aliphatic heterocycles. The van der Waals surface area contributed by atoms with Crippen molar-refractivity contribution in [1.29, 1.82) is 0 Å². The highest BCUT2D eigenvalue weighted by molar-refractivity contribution is 6.11. The number of nitrogens with one attached hydrogen (secondary N) is 1. The van der Waals surface area contributed by atoms with Gasteiger partial charge in [0.2, 0.25) is 5.91 Å². The molecule has 2 aliphatic rings. The average molecular weight is 600 g/mol. The fourth-order valence-corrected chi connectivity index (χ4v) is 5.80. The van der Waals surface area contributed by atoms with Crippen LogP contribution in [0.15, 0.2) is 48.5 Å². The summed E-state index contributed by atoms with van der Waals surface area (Å²) in [6, 6.07) is 15.2. The summed E-state index contributed by atoms with van der Waals surface area (Å²) >= 11 is 0. The third-order valence-electron chi connectivity index (χ3n) is 8.35. The number of aliphatic hydroxyl groups is 1. The first-order chi connectivity index (χ1) is 21.5. The van der Waals surface area contributed by atoms with Crippen LogP contribution in [-0.2, 0) is 30.2 Å². The van der Waals surface area contributed by atoms with Gasteiger partial charge in [0.15, 0.2) is 0 Å². The molecule has 2 N–H and O–H groups in total. The molecule has 1 aliphatic carbocycles. The predicted octanol–water partition coefficient (Wildman–Crippen LogP) is 5.29. The van der Waals surface area contributed by atoms with Gasteiger partial charge in [-0.15, -0.1) is 0 Å². The number of amides is 1. The van der Waals surface area contributed by atoms with Crippen molar-refractivity contribution in [2.45, 2.75) is 114 Å². The lowest BCUT2D eigenvalue weighted by atomic mass is 9.92.